The first-order chi connectivity index (χ1) is 10.1. The van der Waals surface area contributed by atoms with Crippen LogP contribution in [0.25, 0.3) is 0 Å². The molecule has 2 rings (SSSR count). The van der Waals surface area contributed by atoms with Crippen LogP contribution < -0.4 is 5.32 Å². The number of likely N-dealkylation sites (tertiary alicyclic amines) is 1. The van der Waals surface area contributed by atoms with Crippen molar-refractivity contribution in [3.8, 4) is 0 Å². The summed E-state index contributed by atoms with van der Waals surface area (Å²) in [7, 11) is 0. The Morgan fingerprint density at radius 2 is 1.95 bits per heavy atom. The number of anilines is 1. The molecule has 21 heavy (non-hydrogen) atoms. The molecule has 0 spiro atoms. The highest BCUT2D eigenvalue weighted by Gasteiger charge is 2.26. The topological polar surface area (TPSA) is 89.9 Å². The summed E-state index contributed by atoms with van der Waals surface area (Å²) in [6, 6.07) is 5.94. The highest BCUT2D eigenvalue weighted by molar-refractivity contribution is 5.91. The van der Waals surface area contributed by atoms with Gasteiger partial charge in [-0.15, -0.1) is 0 Å². The zero-order valence-corrected chi connectivity index (χ0v) is 11.8. The Morgan fingerprint density at radius 3 is 2.57 bits per heavy atom. The van der Waals surface area contributed by atoms with E-state index < -0.39 is 5.97 Å². The summed E-state index contributed by atoms with van der Waals surface area (Å²) >= 11 is 0. The van der Waals surface area contributed by atoms with Gasteiger partial charge in [-0.2, -0.15) is 0 Å². The van der Waals surface area contributed by atoms with Gasteiger partial charge in [-0.05, 0) is 49.9 Å². The minimum absolute atomic E-state index is 0.0712. The number of urea groups is 1. The number of piperidine rings is 1. The molecule has 1 heterocycles. The minimum Gasteiger partial charge on any atom is -0.478 e. The Bertz CT molecular complexity index is 499. The molecule has 0 radical (unpaired) electrons. The molecule has 0 saturated carbocycles. The first kappa shape index (κ1) is 15.3. The molecule has 1 unspecified atom stereocenters. The molecule has 1 atom stereocenters. The number of amides is 2. The van der Waals surface area contributed by atoms with E-state index >= 15 is 0 Å². The summed E-state index contributed by atoms with van der Waals surface area (Å²) in [4.78, 5) is 24.8. The van der Waals surface area contributed by atoms with Crippen LogP contribution in [0.3, 0.4) is 0 Å². The van der Waals surface area contributed by atoms with Gasteiger partial charge in [-0.25, -0.2) is 9.59 Å². The van der Waals surface area contributed by atoms with E-state index in [4.69, 9.17) is 10.2 Å². The van der Waals surface area contributed by atoms with Crippen LogP contribution in [0, 0.1) is 0 Å². The maximum absolute atomic E-state index is 12.3. The van der Waals surface area contributed by atoms with Crippen molar-refractivity contribution in [2.75, 3.05) is 18.5 Å². The molecule has 0 aromatic heterocycles. The predicted octanol–water partition coefficient (Wildman–Crippen LogP) is 2.15. The normalized spacial score (nSPS) is 18.3. The number of hydrogen-bond acceptors (Lipinski definition) is 3. The molecular formula is C15H20N2O4. The van der Waals surface area contributed by atoms with Crippen LogP contribution in [0.4, 0.5) is 10.5 Å². The smallest absolute Gasteiger partial charge is 0.335 e. The van der Waals surface area contributed by atoms with Crippen LogP contribution in [0.5, 0.6) is 0 Å². The average molecular weight is 292 g/mol. The van der Waals surface area contributed by atoms with Gasteiger partial charge in [0.05, 0.1) is 5.56 Å². The molecule has 1 aliphatic heterocycles. The quantitative estimate of drug-likeness (QED) is 0.793. The Kier molecular flexibility index (Phi) is 5.16. The van der Waals surface area contributed by atoms with E-state index in [0.29, 0.717) is 18.7 Å². The van der Waals surface area contributed by atoms with E-state index in [1.54, 1.807) is 17.0 Å². The molecule has 1 fully saturated rings. The number of aromatic carboxylic acids is 1. The van der Waals surface area contributed by atoms with E-state index in [2.05, 4.69) is 5.32 Å². The number of aliphatic hydroxyl groups excluding tert-OH is 1. The number of carboxylic acid groups (broad SMARTS) is 1. The maximum atomic E-state index is 12.3. The number of benzene rings is 1. The lowest BCUT2D eigenvalue weighted by molar-refractivity contribution is 0.0697. The van der Waals surface area contributed by atoms with Crippen molar-refractivity contribution in [2.45, 2.75) is 31.7 Å². The van der Waals surface area contributed by atoms with Crippen molar-refractivity contribution in [3.63, 3.8) is 0 Å². The Labute approximate surface area is 123 Å². The van der Waals surface area contributed by atoms with Crippen molar-refractivity contribution in [1.82, 2.24) is 4.90 Å². The number of rotatable bonds is 4. The van der Waals surface area contributed by atoms with E-state index in [-0.39, 0.29) is 24.2 Å². The molecule has 1 aromatic rings. The van der Waals surface area contributed by atoms with Crippen LogP contribution in [0.2, 0.25) is 0 Å². The Balaban J connectivity index is 2.00. The highest BCUT2D eigenvalue weighted by Crippen LogP contribution is 2.21. The second kappa shape index (κ2) is 7.08. The van der Waals surface area contributed by atoms with Crippen molar-refractivity contribution < 1.29 is 19.8 Å². The van der Waals surface area contributed by atoms with Gasteiger partial charge in [-0.1, -0.05) is 0 Å². The Hall–Kier alpha value is -2.08. The van der Waals surface area contributed by atoms with Gasteiger partial charge in [0.15, 0.2) is 0 Å². The largest absolute Gasteiger partial charge is 0.478 e. The van der Waals surface area contributed by atoms with Crippen molar-refractivity contribution in [1.29, 1.82) is 0 Å². The van der Waals surface area contributed by atoms with Crippen LogP contribution in [0.15, 0.2) is 24.3 Å². The number of hydrogen-bond donors (Lipinski definition) is 3. The monoisotopic (exact) mass is 292 g/mol. The van der Waals surface area contributed by atoms with Gasteiger partial charge >= 0.3 is 12.0 Å². The van der Waals surface area contributed by atoms with Crippen molar-refractivity contribution in [2.24, 2.45) is 0 Å². The number of carboxylic acids is 1. The predicted molar refractivity (Wildman–Crippen MR) is 78.5 cm³/mol. The molecule has 3 N–H and O–H groups in total. The fraction of sp³-hybridized carbons (Fsp3) is 0.467. The Morgan fingerprint density at radius 1 is 1.24 bits per heavy atom. The van der Waals surface area contributed by atoms with Crippen LogP contribution >= 0.6 is 0 Å². The molecule has 2 amide bonds. The summed E-state index contributed by atoms with van der Waals surface area (Å²) in [6.07, 6.45) is 3.53. The number of nitrogens with zero attached hydrogens (tertiary/aromatic N) is 1. The summed E-state index contributed by atoms with van der Waals surface area (Å²) < 4.78 is 0. The lowest BCUT2D eigenvalue weighted by atomic mass is 10.0. The molecule has 1 aliphatic rings. The fourth-order valence-corrected chi connectivity index (χ4v) is 2.61. The molecule has 6 heteroatoms. The second-order valence-corrected chi connectivity index (χ2v) is 5.17. The highest BCUT2D eigenvalue weighted by atomic mass is 16.4. The number of nitrogens with one attached hydrogen (secondary N) is 1. The van der Waals surface area contributed by atoms with Gasteiger partial charge in [0, 0.05) is 24.9 Å². The molecule has 0 bridgehead atoms. The summed E-state index contributed by atoms with van der Waals surface area (Å²) in [6.45, 7) is 0.755. The van der Waals surface area contributed by atoms with Gasteiger partial charge < -0.3 is 20.4 Å². The number of aliphatic hydroxyl groups is 1. The second-order valence-electron chi connectivity index (χ2n) is 5.17. The SMILES string of the molecule is O=C(O)c1ccc(NC(=O)N2CCCCC2CCO)cc1. The first-order valence-corrected chi connectivity index (χ1v) is 7.13. The van der Waals surface area contributed by atoms with E-state index in [9.17, 15) is 9.59 Å². The lowest BCUT2D eigenvalue weighted by Crippen LogP contribution is -2.46. The van der Waals surface area contributed by atoms with Crippen molar-refractivity contribution in [3.05, 3.63) is 29.8 Å². The molecular weight excluding hydrogens is 272 g/mol. The number of carbonyl (C=O) groups is 2. The van der Waals surface area contributed by atoms with Crippen LogP contribution in [-0.4, -0.2) is 46.3 Å². The van der Waals surface area contributed by atoms with Gasteiger partial charge in [0.1, 0.15) is 0 Å². The van der Waals surface area contributed by atoms with Gasteiger partial charge in [0.25, 0.3) is 0 Å². The third-order valence-corrected chi connectivity index (χ3v) is 3.73. The standard InChI is InChI=1S/C15H20N2O4/c18-10-8-13-3-1-2-9-17(13)15(21)16-12-6-4-11(5-7-12)14(19)20/h4-7,13,18H,1-3,8-10H2,(H,16,21)(H,19,20). The third-order valence-electron chi connectivity index (χ3n) is 3.73. The van der Waals surface area contributed by atoms with Crippen LogP contribution in [-0.2, 0) is 0 Å². The van der Waals surface area contributed by atoms with Crippen LogP contribution in [0.1, 0.15) is 36.0 Å². The van der Waals surface area contributed by atoms with Gasteiger partial charge in [-0.3, -0.25) is 0 Å². The molecule has 0 aliphatic carbocycles. The minimum atomic E-state index is -0.994. The molecule has 6 nitrogen and oxygen atoms in total. The molecule has 1 saturated heterocycles. The zero-order chi connectivity index (χ0) is 15.2. The zero-order valence-electron chi connectivity index (χ0n) is 11.8. The van der Waals surface area contributed by atoms with E-state index in [1.165, 1.54) is 12.1 Å². The van der Waals surface area contributed by atoms with E-state index in [0.717, 1.165) is 19.3 Å². The number of carbonyl (C=O) groups excluding carboxylic acids is 1. The average Bonchev–Trinajstić information content (AvgIpc) is 2.48. The fourth-order valence-electron chi connectivity index (χ4n) is 2.61. The van der Waals surface area contributed by atoms with Gasteiger partial charge in [0.2, 0.25) is 0 Å². The lowest BCUT2D eigenvalue weighted by Gasteiger charge is -2.35. The summed E-state index contributed by atoms with van der Waals surface area (Å²) in [5.74, 6) is -0.994. The third kappa shape index (κ3) is 3.95. The summed E-state index contributed by atoms with van der Waals surface area (Å²) in [5, 5.41) is 20.7. The summed E-state index contributed by atoms with van der Waals surface area (Å²) in [5.41, 5.74) is 0.752. The molecule has 1 aromatic carbocycles. The maximum Gasteiger partial charge on any atom is 0.335 e. The first-order valence-electron chi connectivity index (χ1n) is 7.13. The van der Waals surface area contributed by atoms with Crippen molar-refractivity contribution >= 4 is 17.7 Å². The van der Waals surface area contributed by atoms with E-state index in [1.807, 2.05) is 0 Å². The molecule has 114 valence electrons.